The predicted molar refractivity (Wildman–Crippen MR) is 138 cm³/mol. The van der Waals surface area contributed by atoms with Crippen molar-refractivity contribution in [3.05, 3.63) is 83.0 Å². The van der Waals surface area contributed by atoms with Gasteiger partial charge in [-0.1, -0.05) is 40.6 Å². The van der Waals surface area contributed by atoms with E-state index in [1.165, 1.54) is 36.1 Å². The number of hydrogen-bond donors (Lipinski definition) is 1. The van der Waals surface area contributed by atoms with Crippen LogP contribution >= 0.6 is 34.5 Å². The Morgan fingerprint density at radius 3 is 2.58 bits per heavy atom. The van der Waals surface area contributed by atoms with E-state index in [0.29, 0.717) is 40.1 Å². The normalized spacial score (nSPS) is 15.1. The number of fused-ring (bicyclic) bond motifs is 1. The van der Waals surface area contributed by atoms with Crippen molar-refractivity contribution in [3.63, 3.8) is 0 Å². The number of phenols is 1. The number of aromatic hydroxyl groups is 1. The van der Waals surface area contributed by atoms with Gasteiger partial charge < -0.3 is 19.3 Å². The zero-order chi connectivity index (χ0) is 26.0. The van der Waals surface area contributed by atoms with Crippen LogP contribution in [0.5, 0.6) is 17.2 Å². The molecule has 0 amide bonds. The molecule has 0 aliphatic carbocycles. The molecular weight excluding hydrogens is 527 g/mol. The van der Waals surface area contributed by atoms with E-state index in [0.717, 1.165) is 11.3 Å². The molecule has 0 saturated carbocycles. The quantitative estimate of drug-likeness (QED) is 0.450. The summed E-state index contributed by atoms with van der Waals surface area (Å²) in [5.41, 5.74) is 0.647. The van der Waals surface area contributed by atoms with Crippen LogP contribution in [-0.2, 0) is 9.53 Å². The van der Waals surface area contributed by atoms with Gasteiger partial charge >= 0.3 is 5.97 Å². The highest BCUT2D eigenvalue weighted by Crippen LogP contribution is 2.35. The van der Waals surface area contributed by atoms with Gasteiger partial charge in [-0.05, 0) is 49.8 Å². The molecule has 188 valence electrons. The Kier molecular flexibility index (Phi) is 7.73. The average molecular weight is 549 g/mol. The Hall–Kier alpha value is -3.27. The van der Waals surface area contributed by atoms with Crippen molar-refractivity contribution in [2.75, 3.05) is 20.3 Å². The topological polar surface area (TPSA) is 99.4 Å². The predicted octanol–water partition coefficient (Wildman–Crippen LogP) is 3.83. The van der Waals surface area contributed by atoms with Crippen LogP contribution in [0.2, 0.25) is 10.0 Å². The van der Waals surface area contributed by atoms with Crippen LogP contribution in [0.1, 0.15) is 31.0 Å². The first-order valence-corrected chi connectivity index (χ1v) is 12.5. The minimum absolute atomic E-state index is 0.0604. The number of methoxy groups -OCH3 is 1. The molecule has 0 unspecified atom stereocenters. The highest BCUT2D eigenvalue weighted by molar-refractivity contribution is 7.07. The van der Waals surface area contributed by atoms with E-state index in [-0.39, 0.29) is 26.4 Å². The van der Waals surface area contributed by atoms with Crippen LogP contribution in [0.15, 0.2) is 51.9 Å². The van der Waals surface area contributed by atoms with E-state index in [1.807, 2.05) is 13.8 Å². The average Bonchev–Trinajstić information content (AvgIpc) is 3.17. The third-order valence-electron chi connectivity index (χ3n) is 5.35. The van der Waals surface area contributed by atoms with E-state index in [9.17, 15) is 14.7 Å². The van der Waals surface area contributed by atoms with Crippen LogP contribution < -0.4 is 24.4 Å². The molecule has 0 bridgehead atoms. The minimum Gasteiger partial charge on any atom is -0.506 e. The Morgan fingerprint density at radius 1 is 1.17 bits per heavy atom. The molecule has 3 aromatic rings. The number of nitrogens with zero attached hydrogens (tertiary/aromatic N) is 2. The molecule has 0 fully saturated rings. The fourth-order valence-corrected chi connectivity index (χ4v) is 5.29. The summed E-state index contributed by atoms with van der Waals surface area (Å²) in [7, 11) is 1.26. The lowest BCUT2D eigenvalue weighted by Crippen LogP contribution is -2.39. The van der Waals surface area contributed by atoms with Crippen molar-refractivity contribution >= 4 is 46.6 Å². The molecule has 1 aliphatic rings. The van der Waals surface area contributed by atoms with E-state index in [1.54, 1.807) is 18.2 Å². The number of benzene rings is 2. The van der Waals surface area contributed by atoms with Gasteiger partial charge in [-0.25, -0.2) is 9.79 Å². The number of halogens is 2. The number of rotatable bonds is 7. The van der Waals surface area contributed by atoms with E-state index >= 15 is 0 Å². The van der Waals surface area contributed by atoms with Gasteiger partial charge in [-0.15, -0.1) is 0 Å². The first-order chi connectivity index (χ1) is 17.3. The summed E-state index contributed by atoms with van der Waals surface area (Å²) in [6.45, 7) is 4.56. The number of thiazole rings is 1. The molecule has 11 heteroatoms. The molecule has 0 saturated heterocycles. The summed E-state index contributed by atoms with van der Waals surface area (Å²) >= 11 is 13.2. The van der Waals surface area contributed by atoms with Gasteiger partial charge in [-0.3, -0.25) is 9.36 Å². The Bertz CT molecular complexity index is 1540. The van der Waals surface area contributed by atoms with Gasteiger partial charge in [0.25, 0.3) is 5.56 Å². The second kappa shape index (κ2) is 10.8. The lowest BCUT2D eigenvalue weighted by molar-refractivity contribution is -0.136. The summed E-state index contributed by atoms with van der Waals surface area (Å²) in [6.07, 6.45) is 2.88. The molecule has 0 radical (unpaired) electrons. The van der Waals surface area contributed by atoms with Crippen LogP contribution in [-0.4, -0.2) is 36.0 Å². The zero-order valence-electron chi connectivity index (χ0n) is 19.6. The molecule has 1 atom stereocenters. The molecular formula is C25H22Cl2N2O6S. The van der Waals surface area contributed by atoms with Crippen molar-refractivity contribution < 1.29 is 24.1 Å². The number of hydrogen-bond acceptors (Lipinski definition) is 8. The van der Waals surface area contributed by atoms with Crippen molar-refractivity contribution in [2.24, 2.45) is 4.99 Å². The van der Waals surface area contributed by atoms with Gasteiger partial charge in [0.05, 0.1) is 41.5 Å². The summed E-state index contributed by atoms with van der Waals surface area (Å²) in [6, 6.07) is 7.31. The third-order valence-corrected chi connectivity index (χ3v) is 6.86. The molecule has 1 aromatic heterocycles. The van der Waals surface area contributed by atoms with Gasteiger partial charge in [0.2, 0.25) is 0 Å². The molecule has 2 heterocycles. The fraction of sp³-hybridized carbons (Fsp3) is 0.240. The first kappa shape index (κ1) is 25.8. The molecule has 4 rings (SSSR count). The van der Waals surface area contributed by atoms with Gasteiger partial charge in [0.1, 0.15) is 5.75 Å². The molecule has 2 aromatic carbocycles. The third kappa shape index (κ3) is 4.86. The minimum atomic E-state index is -0.831. The lowest BCUT2D eigenvalue weighted by Gasteiger charge is -2.23. The Morgan fingerprint density at radius 2 is 1.89 bits per heavy atom. The second-order valence-electron chi connectivity index (χ2n) is 7.57. The Labute approximate surface area is 220 Å². The van der Waals surface area contributed by atoms with E-state index in [2.05, 4.69) is 4.99 Å². The summed E-state index contributed by atoms with van der Waals surface area (Å²) in [5, 5.41) is 10.7. The fourth-order valence-electron chi connectivity index (χ4n) is 3.82. The molecule has 1 N–H and O–H groups in total. The van der Waals surface area contributed by atoms with Crippen molar-refractivity contribution in [2.45, 2.75) is 19.9 Å². The Balaban J connectivity index is 1.93. The van der Waals surface area contributed by atoms with E-state index < -0.39 is 17.6 Å². The summed E-state index contributed by atoms with van der Waals surface area (Å²) in [4.78, 5) is 31.0. The van der Waals surface area contributed by atoms with Crippen LogP contribution in [0.4, 0.5) is 0 Å². The summed E-state index contributed by atoms with van der Waals surface area (Å²) in [5.74, 6) is 0.210. The van der Waals surface area contributed by atoms with Crippen molar-refractivity contribution in [1.29, 1.82) is 0 Å². The van der Waals surface area contributed by atoms with E-state index in [4.69, 9.17) is 37.4 Å². The molecule has 1 aliphatic heterocycles. The molecule has 0 spiro atoms. The van der Waals surface area contributed by atoms with Crippen LogP contribution in [0.25, 0.3) is 6.08 Å². The number of ether oxygens (including phenoxy) is 3. The van der Waals surface area contributed by atoms with Gasteiger partial charge in [0, 0.05) is 16.8 Å². The van der Waals surface area contributed by atoms with Crippen molar-refractivity contribution in [3.8, 4) is 17.2 Å². The molecule has 36 heavy (non-hydrogen) atoms. The largest absolute Gasteiger partial charge is 0.506 e. The number of phenolic OH excluding ortho intramolecular Hbond substituents is 1. The van der Waals surface area contributed by atoms with Gasteiger partial charge in [-0.2, -0.15) is 0 Å². The van der Waals surface area contributed by atoms with Crippen LogP contribution in [0, 0.1) is 0 Å². The highest BCUT2D eigenvalue weighted by atomic mass is 35.5. The summed E-state index contributed by atoms with van der Waals surface area (Å²) < 4.78 is 18.1. The number of carbonyl (C=O) groups excluding carboxylic acids is 1. The maximum absolute atomic E-state index is 13.6. The standard InChI is InChI=1S/C25H22Cl2N2O6S/c1-4-34-18-7-6-13(9-19(18)35-5-2)21-16(24(32)33-3)12-28-25-29(21)23(31)20(36-25)10-14-8-15(26)11-17(27)22(14)30/h6-12,21,30H,4-5H2,1-3H3/b20-10-/t21-/m0/s1. The SMILES string of the molecule is CCOc1ccc([C@H]2C(C(=O)OC)=CN=c3s/c(=C\c4cc(Cl)cc(Cl)c4O)c(=O)n32)cc1OCC. The van der Waals surface area contributed by atoms with Crippen LogP contribution in [0.3, 0.4) is 0 Å². The maximum atomic E-state index is 13.6. The second-order valence-corrected chi connectivity index (χ2v) is 9.43. The number of esters is 1. The number of aromatic nitrogens is 1. The monoisotopic (exact) mass is 548 g/mol. The first-order valence-electron chi connectivity index (χ1n) is 11.0. The molecule has 8 nitrogen and oxygen atoms in total. The number of carbonyl (C=O) groups is 1. The van der Waals surface area contributed by atoms with Gasteiger partial charge in [0.15, 0.2) is 16.3 Å². The maximum Gasteiger partial charge on any atom is 0.337 e. The zero-order valence-corrected chi connectivity index (χ0v) is 21.9. The smallest absolute Gasteiger partial charge is 0.337 e. The lowest BCUT2D eigenvalue weighted by atomic mass is 9.97. The highest BCUT2D eigenvalue weighted by Gasteiger charge is 2.31. The van der Waals surface area contributed by atoms with Crippen molar-refractivity contribution in [1.82, 2.24) is 4.57 Å².